The van der Waals surface area contributed by atoms with Crippen molar-refractivity contribution < 1.29 is 9.45 Å². The van der Waals surface area contributed by atoms with E-state index in [2.05, 4.69) is 20.3 Å². The fraction of sp³-hybridized carbons (Fsp3) is 0.286. The Bertz CT molecular complexity index is 929. The van der Waals surface area contributed by atoms with Gasteiger partial charge in [0.25, 0.3) is 5.69 Å². The molecular weight excluding hydrogens is 348 g/mol. The molecule has 0 fully saturated rings. The van der Waals surface area contributed by atoms with Crippen molar-refractivity contribution in [2.45, 2.75) is 30.8 Å². The van der Waals surface area contributed by atoms with Crippen LogP contribution in [0.2, 0.25) is 0 Å². The van der Waals surface area contributed by atoms with Crippen LogP contribution in [-0.2, 0) is 12.3 Å². The van der Waals surface area contributed by atoms with Gasteiger partial charge in [0, 0.05) is 24.2 Å². The predicted octanol–water partition coefficient (Wildman–Crippen LogP) is 2.23. The Morgan fingerprint density at radius 2 is 2.12 bits per heavy atom. The summed E-state index contributed by atoms with van der Waals surface area (Å²) in [5.41, 5.74) is 0.366. The number of nitrogens with zero attached hydrogens (tertiary/aromatic N) is 5. The smallest absolute Gasteiger partial charge is 0.338 e. The lowest BCUT2D eigenvalue weighted by molar-refractivity contribution is -0.384. The quantitative estimate of drug-likeness (QED) is 0.384. The molecule has 11 heteroatoms. The Morgan fingerprint density at radius 1 is 1.36 bits per heavy atom. The van der Waals surface area contributed by atoms with Gasteiger partial charge in [0.15, 0.2) is 5.16 Å². The number of aromatic nitrogens is 5. The van der Waals surface area contributed by atoms with Gasteiger partial charge < -0.3 is 4.52 Å². The fourth-order valence-corrected chi connectivity index (χ4v) is 2.93. The van der Waals surface area contributed by atoms with Crippen molar-refractivity contribution in [1.82, 2.24) is 24.9 Å². The van der Waals surface area contributed by atoms with Gasteiger partial charge in [-0.05, 0) is 18.6 Å². The maximum atomic E-state index is 11.6. The molecule has 2 aromatic heterocycles. The van der Waals surface area contributed by atoms with Crippen LogP contribution in [0, 0.1) is 10.1 Å². The molecule has 3 aromatic rings. The topological polar surface area (TPSA) is 133 Å². The first kappa shape index (κ1) is 16.9. The number of hydrogen-bond donors (Lipinski definition) is 1. The van der Waals surface area contributed by atoms with E-state index in [1.165, 1.54) is 23.9 Å². The second-order valence-electron chi connectivity index (χ2n) is 5.07. The Morgan fingerprint density at radius 3 is 2.80 bits per heavy atom. The first-order chi connectivity index (χ1) is 12.1. The number of hydrogen-bond acceptors (Lipinski definition) is 8. The highest BCUT2D eigenvalue weighted by atomic mass is 32.2. The lowest BCUT2D eigenvalue weighted by atomic mass is 10.2. The van der Waals surface area contributed by atoms with Crippen LogP contribution < -0.4 is 5.69 Å². The zero-order valence-electron chi connectivity index (χ0n) is 13.2. The van der Waals surface area contributed by atoms with Gasteiger partial charge in [-0.15, -0.1) is 5.10 Å². The van der Waals surface area contributed by atoms with E-state index in [-0.39, 0.29) is 11.4 Å². The Hall–Kier alpha value is -2.95. The van der Waals surface area contributed by atoms with Crippen molar-refractivity contribution in [3.05, 3.63) is 50.8 Å². The van der Waals surface area contributed by atoms with Crippen LogP contribution in [0.5, 0.6) is 0 Å². The SMILES string of the molecule is CCCn1c(SCc2nc(-c3ccc([N+](=O)[O-])cc3)no2)n[nH]c1=O. The van der Waals surface area contributed by atoms with E-state index in [1.54, 1.807) is 16.7 Å². The van der Waals surface area contributed by atoms with Crippen LogP contribution in [0.25, 0.3) is 11.4 Å². The Kier molecular flexibility index (Phi) is 4.93. The molecule has 0 aliphatic rings. The molecule has 0 aliphatic heterocycles. The number of rotatable bonds is 7. The molecule has 10 nitrogen and oxygen atoms in total. The number of thioether (sulfide) groups is 1. The summed E-state index contributed by atoms with van der Waals surface area (Å²) < 4.78 is 6.74. The minimum Gasteiger partial charge on any atom is -0.338 e. The average molecular weight is 362 g/mol. The van der Waals surface area contributed by atoms with Gasteiger partial charge in [-0.1, -0.05) is 23.8 Å². The minimum absolute atomic E-state index is 0.00421. The normalized spacial score (nSPS) is 10.9. The zero-order valence-corrected chi connectivity index (χ0v) is 14.0. The molecule has 1 aromatic carbocycles. The first-order valence-corrected chi connectivity index (χ1v) is 8.42. The van der Waals surface area contributed by atoms with Gasteiger partial charge in [-0.2, -0.15) is 4.98 Å². The second kappa shape index (κ2) is 7.30. The highest BCUT2D eigenvalue weighted by Crippen LogP contribution is 2.23. The third-order valence-electron chi connectivity index (χ3n) is 3.30. The van der Waals surface area contributed by atoms with Crippen molar-refractivity contribution in [1.29, 1.82) is 0 Å². The van der Waals surface area contributed by atoms with Crippen molar-refractivity contribution in [3.63, 3.8) is 0 Å². The molecule has 0 saturated heterocycles. The summed E-state index contributed by atoms with van der Waals surface area (Å²) in [6.45, 7) is 2.55. The molecular formula is C14H14N6O4S. The minimum atomic E-state index is -0.470. The molecule has 3 rings (SSSR count). The summed E-state index contributed by atoms with van der Waals surface area (Å²) in [4.78, 5) is 26.1. The van der Waals surface area contributed by atoms with E-state index in [0.29, 0.717) is 34.7 Å². The molecule has 0 aliphatic carbocycles. The number of benzene rings is 1. The second-order valence-corrected chi connectivity index (χ2v) is 6.01. The van der Waals surface area contributed by atoms with E-state index in [1.807, 2.05) is 6.92 Å². The highest BCUT2D eigenvalue weighted by molar-refractivity contribution is 7.98. The molecule has 2 heterocycles. The highest BCUT2D eigenvalue weighted by Gasteiger charge is 2.13. The standard InChI is InChI=1S/C14H14N6O4S/c1-2-7-19-13(21)16-17-14(19)25-8-11-15-12(18-24-11)9-3-5-10(6-4-9)20(22)23/h3-6H,2,7-8H2,1H3,(H,16,21). The maximum absolute atomic E-state index is 11.6. The largest absolute Gasteiger partial charge is 0.343 e. The summed E-state index contributed by atoms with van der Waals surface area (Å²) in [5, 5.41) is 21.5. The molecule has 1 N–H and O–H groups in total. The summed E-state index contributed by atoms with van der Waals surface area (Å²) >= 11 is 1.31. The average Bonchev–Trinajstić information content (AvgIpc) is 3.21. The Labute approximate surface area is 145 Å². The number of nitrogens with one attached hydrogen (secondary N) is 1. The van der Waals surface area contributed by atoms with Crippen molar-refractivity contribution in [3.8, 4) is 11.4 Å². The van der Waals surface area contributed by atoms with Crippen molar-refractivity contribution in [2.24, 2.45) is 0 Å². The van der Waals surface area contributed by atoms with Gasteiger partial charge in [0.1, 0.15) is 0 Å². The maximum Gasteiger partial charge on any atom is 0.343 e. The van der Waals surface area contributed by atoms with Crippen LogP contribution in [0.1, 0.15) is 19.2 Å². The molecule has 130 valence electrons. The Balaban J connectivity index is 1.70. The number of aromatic amines is 1. The lowest BCUT2D eigenvalue weighted by Gasteiger charge is -2.01. The predicted molar refractivity (Wildman–Crippen MR) is 89.1 cm³/mol. The van der Waals surface area contributed by atoms with Gasteiger partial charge >= 0.3 is 5.69 Å². The summed E-state index contributed by atoms with van der Waals surface area (Å²) in [5.74, 6) is 1.07. The van der Waals surface area contributed by atoms with Gasteiger partial charge in [-0.3, -0.25) is 14.7 Å². The van der Waals surface area contributed by atoms with Gasteiger partial charge in [-0.25, -0.2) is 9.89 Å². The van der Waals surface area contributed by atoms with E-state index in [9.17, 15) is 14.9 Å². The molecule has 0 unspecified atom stereocenters. The molecule has 0 saturated carbocycles. The van der Waals surface area contributed by atoms with Crippen LogP contribution in [0.4, 0.5) is 5.69 Å². The number of non-ortho nitro benzene ring substituents is 1. The van der Waals surface area contributed by atoms with Crippen molar-refractivity contribution >= 4 is 17.4 Å². The molecule has 0 radical (unpaired) electrons. The van der Waals surface area contributed by atoms with Crippen molar-refractivity contribution in [2.75, 3.05) is 0 Å². The van der Waals surface area contributed by atoms with E-state index >= 15 is 0 Å². The number of H-pyrrole nitrogens is 1. The van der Waals surface area contributed by atoms with E-state index < -0.39 is 4.92 Å². The van der Waals surface area contributed by atoms with Gasteiger partial charge in [0.05, 0.1) is 10.7 Å². The van der Waals surface area contributed by atoms with E-state index in [0.717, 1.165) is 6.42 Å². The van der Waals surface area contributed by atoms with Crippen LogP contribution in [-0.4, -0.2) is 29.8 Å². The van der Waals surface area contributed by atoms with Crippen LogP contribution >= 0.6 is 11.8 Å². The molecule has 0 spiro atoms. The number of nitro benzene ring substituents is 1. The third-order valence-corrected chi connectivity index (χ3v) is 4.26. The molecule has 25 heavy (non-hydrogen) atoms. The molecule has 0 atom stereocenters. The molecule has 0 bridgehead atoms. The lowest BCUT2D eigenvalue weighted by Crippen LogP contribution is -2.17. The monoisotopic (exact) mass is 362 g/mol. The molecule has 0 amide bonds. The summed E-state index contributed by atoms with van der Waals surface area (Å²) in [6, 6.07) is 5.89. The van der Waals surface area contributed by atoms with Crippen LogP contribution in [0.3, 0.4) is 0 Å². The zero-order chi connectivity index (χ0) is 17.8. The number of nitro groups is 1. The van der Waals surface area contributed by atoms with E-state index in [4.69, 9.17) is 4.52 Å². The van der Waals surface area contributed by atoms with Crippen LogP contribution in [0.15, 0.2) is 38.7 Å². The third kappa shape index (κ3) is 3.76. The van der Waals surface area contributed by atoms with Gasteiger partial charge in [0.2, 0.25) is 11.7 Å². The fourth-order valence-electron chi connectivity index (χ4n) is 2.12. The summed E-state index contributed by atoms with van der Waals surface area (Å²) in [6.07, 6.45) is 0.817. The first-order valence-electron chi connectivity index (χ1n) is 7.44. The summed E-state index contributed by atoms with van der Waals surface area (Å²) in [7, 11) is 0.